The van der Waals surface area contributed by atoms with Crippen LogP contribution in [-0.2, 0) is 9.59 Å². The summed E-state index contributed by atoms with van der Waals surface area (Å²) < 4.78 is 15.8. The standard InChI is InChI=1S/C19H19N3O7/c1-11-6-16(27-2)17(28-3)8-13(11)20-18(23)9-21-14-7-12(22(25)26)4-5-15(14)29-10-19(21)24/h4-8H,9-10H2,1-3H3,(H,20,23). The van der Waals surface area contributed by atoms with Gasteiger partial charge in [0.2, 0.25) is 5.91 Å². The van der Waals surface area contributed by atoms with Crippen molar-refractivity contribution in [3.05, 3.63) is 46.0 Å². The summed E-state index contributed by atoms with van der Waals surface area (Å²) in [6, 6.07) is 7.23. The molecule has 152 valence electrons. The van der Waals surface area contributed by atoms with Crippen LogP contribution in [0.25, 0.3) is 0 Å². The predicted octanol–water partition coefficient (Wildman–Crippen LogP) is 2.28. The van der Waals surface area contributed by atoms with Gasteiger partial charge in [-0.3, -0.25) is 24.6 Å². The number of fused-ring (bicyclic) bond motifs is 1. The molecule has 29 heavy (non-hydrogen) atoms. The number of non-ortho nitro benzene ring substituents is 1. The van der Waals surface area contributed by atoms with Crippen LogP contribution in [0.4, 0.5) is 17.1 Å². The fourth-order valence-electron chi connectivity index (χ4n) is 2.93. The van der Waals surface area contributed by atoms with E-state index >= 15 is 0 Å². The maximum atomic E-state index is 12.6. The van der Waals surface area contributed by atoms with Crippen LogP contribution in [0.2, 0.25) is 0 Å². The summed E-state index contributed by atoms with van der Waals surface area (Å²) in [5.41, 5.74) is 1.20. The molecular weight excluding hydrogens is 382 g/mol. The smallest absolute Gasteiger partial charge is 0.271 e. The summed E-state index contributed by atoms with van der Waals surface area (Å²) in [5, 5.41) is 13.8. The number of ether oxygens (including phenoxy) is 3. The quantitative estimate of drug-likeness (QED) is 0.582. The predicted molar refractivity (Wildman–Crippen MR) is 104 cm³/mol. The monoisotopic (exact) mass is 401 g/mol. The largest absolute Gasteiger partial charge is 0.493 e. The maximum Gasteiger partial charge on any atom is 0.271 e. The third-order valence-electron chi connectivity index (χ3n) is 4.40. The third-order valence-corrected chi connectivity index (χ3v) is 4.40. The number of rotatable bonds is 6. The molecule has 0 atom stereocenters. The Morgan fingerprint density at radius 3 is 2.59 bits per heavy atom. The third kappa shape index (κ3) is 4.05. The van der Waals surface area contributed by atoms with Crippen molar-refractivity contribution in [3.63, 3.8) is 0 Å². The number of methoxy groups -OCH3 is 2. The van der Waals surface area contributed by atoms with E-state index in [1.807, 2.05) is 0 Å². The minimum absolute atomic E-state index is 0.176. The van der Waals surface area contributed by atoms with Gasteiger partial charge in [0.15, 0.2) is 18.1 Å². The van der Waals surface area contributed by atoms with Gasteiger partial charge in [0.25, 0.3) is 11.6 Å². The second-order valence-corrected chi connectivity index (χ2v) is 6.25. The van der Waals surface area contributed by atoms with Crippen LogP contribution >= 0.6 is 0 Å². The summed E-state index contributed by atoms with van der Waals surface area (Å²) in [5.74, 6) is 0.305. The molecule has 10 heteroatoms. The molecule has 2 amide bonds. The van der Waals surface area contributed by atoms with E-state index in [1.54, 1.807) is 19.1 Å². The summed E-state index contributed by atoms with van der Waals surface area (Å²) >= 11 is 0. The van der Waals surface area contributed by atoms with Gasteiger partial charge in [-0.2, -0.15) is 0 Å². The summed E-state index contributed by atoms with van der Waals surface area (Å²) in [4.78, 5) is 36.5. The van der Waals surface area contributed by atoms with Gasteiger partial charge < -0.3 is 19.5 Å². The first-order chi connectivity index (χ1) is 13.8. The molecule has 0 radical (unpaired) electrons. The van der Waals surface area contributed by atoms with E-state index in [2.05, 4.69) is 5.32 Å². The molecule has 3 rings (SSSR count). The van der Waals surface area contributed by atoms with Gasteiger partial charge in [-0.1, -0.05) is 0 Å². The van der Waals surface area contributed by atoms with Crippen LogP contribution in [0.3, 0.4) is 0 Å². The van der Waals surface area contributed by atoms with Crippen molar-refractivity contribution in [2.75, 3.05) is 37.6 Å². The number of carbonyl (C=O) groups excluding carboxylic acids is 2. The Morgan fingerprint density at radius 1 is 1.24 bits per heavy atom. The molecule has 0 aliphatic carbocycles. The number of nitrogens with zero attached hydrogens (tertiary/aromatic N) is 2. The second-order valence-electron chi connectivity index (χ2n) is 6.25. The zero-order valence-electron chi connectivity index (χ0n) is 16.1. The highest BCUT2D eigenvalue weighted by atomic mass is 16.6. The van der Waals surface area contributed by atoms with E-state index in [4.69, 9.17) is 14.2 Å². The molecule has 1 aliphatic heterocycles. The van der Waals surface area contributed by atoms with Crippen molar-refractivity contribution >= 4 is 28.9 Å². The lowest BCUT2D eigenvalue weighted by Gasteiger charge is -2.28. The number of nitrogens with one attached hydrogen (secondary N) is 1. The Balaban J connectivity index is 1.84. The van der Waals surface area contributed by atoms with Crippen LogP contribution in [-0.4, -0.2) is 44.1 Å². The van der Waals surface area contributed by atoms with E-state index in [9.17, 15) is 19.7 Å². The minimum Gasteiger partial charge on any atom is -0.493 e. The van der Waals surface area contributed by atoms with Gasteiger partial charge in [0.1, 0.15) is 12.3 Å². The molecule has 0 spiro atoms. The Morgan fingerprint density at radius 2 is 1.93 bits per heavy atom. The lowest BCUT2D eigenvalue weighted by atomic mass is 10.1. The highest BCUT2D eigenvalue weighted by molar-refractivity contribution is 6.05. The highest BCUT2D eigenvalue weighted by Gasteiger charge is 2.29. The average Bonchev–Trinajstić information content (AvgIpc) is 2.70. The van der Waals surface area contributed by atoms with Gasteiger partial charge in [-0.15, -0.1) is 0 Å². The lowest BCUT2D eigenvalue weighted by Crippen LogP contribution is -2.43. The number of amides is 2. The Hall–Kier alpha value is -3.82. The number of nitro groups is 1. The van der Waals surface area contributed by atoms with Crippen molar-refractivity contribution in [1.82, 2.24) is 0 Å². The van der Waals surface area contributed by atoms with E-state index < -0.39 is 16.7 Å². The Kier molecular flexibility index (Phi) is 5.53. The molecule has 1 N–H and O–H groups in total. The SMILES string of the molecule is COc1cc(C)c(NC(=O)CN2C(=O)COc3ccc([N+](=O)[O-])cc32)cc1OC. The minimum atomic E-state index is -0.579. The molecule has 0 unspecified atom stereocenters. The number of aryl methyl sites for hydroxylation is 1. The van der Waals surface area contributed by atoms with Crippen molar-refractivity contribution in [1.29, 1.82) is 0 Å². The first-order valence-corrected chi connectivity index (χ1v) is 8.58. The fourth-order valence-corrected chi connectivity index (χ4v) is 2.93. The fraction of sp³-hybridized carbons (Fsp3) is 0.263. The first kappa shape index (κ1) is 19.9. The molecule has 2 aromatic carbocycles. The number of anilines is 2. The molecule has 1 aliphatic rings. The van der Waals surface area contributed by atoms with Crippen LogP contribution in [0, 0.1) is 17.0 Å². The zero-order chi connectivity index (χ0) is 21.1. The van der Waals surface area contributed by atoms with Gasteiger partial charge in [0.05, 0.1) is 24.8 Å². The van der Waals surface area contributed by atoms with Crippen molar-refractivity contribution in [2.24, 2.45) is 0 Å². The topological polar surface area (TPSA) is 120 Å². The van der Waals surface area contributed by atoms with Crippen molar-refractivity contribution < 1.29 is 28.7 Å². The zero-order valence-corrected chi connectivity index (χ0v) is 16.1. The maximum absolute atomic E-state index is 12.6. The van der Waals surface area contributed by atoms with Crippen LogP contribution in [0.15, 0.2) is 30.3 Å². The highest BCUT2D eigenvalue weighted by Crippen LogP contribution is 2.36. The number of benzene rings is 2. The molecule has 0 aromatic heterocycles. The van der Waals surface area contributed by atoms with E-state index in [0.29, 0.717) is 22.9 Å². The van der Waals surface area contributed by atoms with Gasteiger partial charge in [-0.05, 0) is 24.6 Å². The summed E-state index contributed by atoms with van der Waals surface area (Å²) in [6.07, 6.45) is 0. The number of hydrogen-bond acceptors (Lipinski definition) is 7. The molecule has 10 nitrogen and oxygen atoms in total. The van der Waals surface area contributed by atoms with Gasteiger partial charge >= 0.3 is 0 Å². The average molecular weight is 401 g/mol. The molecule has 0 saturated carbocycles. The number of carbonyl (C=O) groups is 2. The van der Waals surface area contributed by atoms with Crippen LogP contribution in [0.5, 0.6) is 17.2 Å². The van der Waals surface area contributed by atoms with Crippen LogP contribution < -0.4 is 24.4 Å². The van der Waals surface area contributed by atoms with Crippen molar-refractivity contribution in [3.8, 4) is 17.2 Å². The lowest BCUT2D eigenvalue weighted by molar-refractivity contribution is -0.384. The first-order valence-electron chi connectivity index (χ1n) is 8.58. The summed E-state index contributed by atoms with van der Waals surface area (Å²) in [6.45, 7) is 1.20. The second kappa shape index (κ2) is 8.05. The van der Waals surface area contributed by atoms with Gasteiger partial charge in [0, 0.05) is 23.9 Å². The molecule has 0 saturated heterocycles. The van der Waals surface area contributed by atoms with E-state index in [1.165, 1.54) is 32.4 Å². The summed E-state index contributed by atoms with van der Waals surface area (Å²) in [7, 11) is 2.99. The molecular formula is C19H19N3O7. The van der Waals surface area contributed by atoms with Gasteiger partial charge in [-0.25, -0.2) is 0 Å². The molecule has 0 bridgehead atoms. The van der Waals surface area contributed by atoms with Crippen molar-refractivity contribution in [2.45, 2.75) is 6.92 Å². The Bertz CT molecular complexity index is 990. The number of hydrogen-bond donors (Lipinski definition) is 1. The van der Waals surface area contributed by atoms with E-state index in [-0.39, 0.29) is 24.5 Å². The molecule has 0 fully saturated rings. The molecule has 1 heterocycles. The van der Waals surface area contributed by atoms with Crippen LogP contribution in [0.1, 0.15) is 5.56 Å². The molecule has 2 aromatic rings. The Labute approximate surface area is 166 Å². The number of nitro benzene ring substituents is 1. The van der Waals surface area contributed by atoms with E-state index in [0.717, 1.165) is 10.5 Å². The normalized spacial score (nSPS) is 12.7.